The van der Waals surface area contributed by atoms with Crippen LogP contribution in [0.1, 0.15) is 33.6 Å². The van der Waals surface area contributed by atoms with Gasteiger partial charge in [-0.05, 0) is 18.9 Å². The van der Waals surface area contributed by atoms with Gasteiger partial charge in [0.15, 0.2) is 0 Å². The molecule has 2 N–H and O–H groups in total. The summed E-state index contributed by atoms with van der Waals surface area (Å²) in [5, 5.41) is 18.0. The monoisotopic (exact) mass is 332 g/mol. The van der Waals surface area contributed by atoms with Gasteiger partial charge in [0.1, 0.15) is 0 Å². The third kappa shape index (κ3) is 3.29. The topological polar surface area (TPSA) is 90.7 Å². The second-order valence-electron chi connectivity index (χ2n) is 5.50. The lowest BCUT2D eigenvalue weighted by molar-refractivity contribution is -0.247. The summed E-state index contributed by atoms with van der Waals surface area (Å²) >= 11 is 0. The number of pyridine rings is 1. The molecule has 1 aromatic rings. The van der Waals surface area contributed by atoms with Crippen molar-refractivity contribution in [1.82, 2.24) is 9.88 Å². The number of aliphatic hydroxyl groups excluding tert-OH is 1. The summed E-state index contributed by atoms with van der Waals surface area (Å²) in [6, 6.07) is 1.13. The van der Waals surface area contributed by atoms with Crippen LogP contribution in [0.5, 0.6) is 0 Å². The number of nitrogens with zero attached hydrogens (tertiary/aromatic N) is 2. The molecule has 1 aromatic heterocycles. The molecule has 6 nitrogen and oxygen atoms in total. The summed E-state index contributed by atoms with van der Waals surface area (Å²) in [6.07, 6.45) is -3.08. The first-order valence-electron chi connectivity index (χ1n) is 6.85. The second-order valence-corrected chi connectivity index (χ2v) is 5.50. The second kappa shape index (κ2) is 6.15. The summed E-state index contributed by atoms with van der Waals surface area (Å²) < 4.78 is 39.2. The zero-order valence-electron chi connectivity index (χ0n) is 12.0. The van der Waals surface area contributed by atoms with E-state index in [9.17, 15) is 22.8 Å². The van der Waals surface area contributed by atoms with E-state index in [0.29, 0.717) is 0 Å². The first kappa shape index (κ1) is 17.2. The Morgan fingerprint density at radius 1 is 1.22 bits per heavy atom. The number of aromatic carboxylic acids is 1. The van der Waals surface area contributed by atoms with Crippen LogP contribution in [0.4, 0.5) is 13.2 Å². The Hall–Kier alpha value is -2.16. The van der Waals surface area contributed by atoms with Crippen molar-refractivity contribution in [3.8, 4) is 0 Å². The molecule has 0 unspecified atom stereocenters. The van der Waals surface area contributed by atoms with Crippen molar-refractivity contribution in [3.63, 3.8) is 0 Å². The molecule has 0 atom stereocenters. The molecule has 1 saturated heterocycles. The molecular weight excluding hydrogens is 317 g/mol. The van der Waals surface area contributed by atoms with E-state index in [4.69, 9.17) is 10.2 Å². The smallest absolute Gasteiger partial charge is 0.396 e. The van der Waals surface area contributed by atoms with E-state index >= 15 is 0 Å². The molecule has 1 aliphatic rings. The fraction of sp³-hybridized carbons (Fsp3) is 0.500. The van der Waals surface area contributed by atoms with Crippen LogP contribution in [-0.4, -0.2) is 57.8 Å². The van der Waals surface area contributed by atoms with E-state index in [1.807, 2.05) is 0 Å². The highest BCUT2D eigenvalue weighted by atomic mass is 19.4. The van der Waals surface area contributed by atoms with E-state index in [0.717, 1.165) is 12.3 Å². The Balaban J connectivity index is 2.12. The highest BCUT2D eigenvalue weighted by Crippen LogP contribution is 2.45. The van der Waals surface area contributed by atoms with Crippen molar-refractivity contribution in [2.45, 2.75) is 19.0 Å². The average molecular weight is 332 g/mol. The van der Waals surface area contributed by atoms with Gasteiger partial charge in [-0.2, -0.15) is 13.2 Å². The van der Waals surface area contributed by atoms with Gasteiger partial charge in [0.25, 0.3) is 5.91 Å². The van der Waals surface area contributed by atoms with Gasteiger partial charge in [-0.25, -0.2) is 4.79 Å². The van der Waals surface area contributed by atoms with Gasteiger partial charge < -0.3 is 15.1 Å². The van der Waals surface area contributed by atoms with Crippen LogP contribution in [0, 0.1) is 5.41 Å². The molecule has 0 radical (unpaired) electrons. The molecule has 9 heteroatoms. The normalized spacial score (nSPS) is 17.8. The molecule has 0 spiro atoms. The number of carboxylic acid groups (broad SMARTS) is 1. The van der Waals surface area contributed by atoms with Gasteiger partial charge in [-0.3, -0.25) is 9.78 Å². The van der Waals surface area contributed by atoms with E-state index in [1.165, 1.54) is 11.1 Å². The number of aromatic nitrogens is 1. The highest BCUT2D eigenvalue weighted by molar-refractivity contribution is 5.97. The maximum Gasteiger partial charge on any atom is 0.396 e. The number of hydrogen-bond acceptors (Lipinski definition) is 4. The number of carbonyl (C=O) groups excluding carboxylic acids is 1. The summed E-state index contributed by atoms with van der Waals surface area (Å²) in [7, 11) is 0. The number of aliphatic hydroxyl groups is 1. The van der Waals surface area contributed by atoms with Crippen molar-refractivity contribution in [1.29, 1.82) is 0 Å². The lowest BCUT2D eigenvalue weighted by atomic mass is 9.78. The maximum absolute atomic E-state index is 13.1. The predicted molar refractivity (Wildman–Crippen MR) is 71.9 cm³/mol. The van der Waals surface area contributed by atoms with E-state index in [-0.39, 0.29) is 24.2 Å². The molecule has 1 fully saturated rings. The van der Waals surface area contributed by atoms with Crippen LogP contribution in [0.25, 0.3) is 0 Å². The predicted octanol–water partition coefficient (Wildman–Crippen LogP) is 1.56. The first-order valence-corrected chi connectivity index (χ1v) is 6.85. The number of rotatable bonds is 3. The Kier molecular flexibility index (Phi) is 4.60. The van der Waals surface area contributed by atoms with Crippen LogP contribution in [-0.2, 0) is 0 Å². The SMILES string of the molecule is O=C(O)c1cncc(C(=O)N2CCC(CO)(C(F)(F)F)CC2)c1. The minimum absolute atomic E-state index is 0.00778. The van der Waals surface area contributed by atoms with Gasteiger partial charge in [0.05, 0.1) is 23.1 Å². The molecule has 2 heterocycles. The minimum Gasteiger partial charge on any atom is -0.478 e. The first-order chi connectivity index (χ1) is 10.7. The minimum atomic E-state index is -4.54. The standard InChI is InChI=1S/C14H15F3N2O4/c15-14(16,17)13(8-20)1-3-19(4-2-13)11(21)9-5-10(12(22)23)7-18-6-9/h5-7,20H,1-4,8H2,(H,22,23). The lowest BCUT2D eigenvalue weighted by Gasteiger charge is -2.41. The van der Waals surface area contributed by atoms with Crippen molar-refractivity contribution in [2.24, 2.45) is 5.41 Å². The van der Waals surface area contributed by atoms with Crippen LogP contribution < -0.4 is 0 Å². The molecule has 0 saturated carbocycles. The quantitative estimate of drug-likeness (QED) is 0.876. The van der Waals surface area contributed by atoms with E-state index in [1.54, 1.807) is 0 Å². The molecule has 2 rings (SSSR count). The number of halogens is 3. The van der Waals surface area contributed by atoms with E-state index < -0.39 is 42.9 Å². The van der Waals surface area contributed by atoms with Crippen molar-refractivity contribution in [3.05, 3.63) is 29.6 Å². The Morgan fingerprint density at radius 2 is 1.78 bits per heavy atom. The maximum atomic E-state index is 13.1. The Labute approximate surface area is 129 Å². The largest absolute Gasteiger partial charge is 0.478 e. The van der Waals surface area contributed by atoms with Crippen LogP contribution in [0.2, 0.25) is 0 Å². The molecular formula is C14H15F3N2O4. The number of carbonyl (C=O) groups is 2. The third-order valence-corrected chi connectivity index (χ3v) is 4.14. The summed E-state index contributed by atoms with van der Waals surface area (Å²) in [6.45, 7) is -1.36. The van der Waals surface area contributed by atoms with Gasteiger partial charge >= 0.3 is 12.1 Å². The Bertz CT molecular complexity index is 610. The fourth-order valence-electron chi connectivity index (χ4n) is 2.53. The summed E-state index contributed by atoms with van der Waals surface area (Å²) in [4.78, 5) is 28.0. The number of likely N-dealkylation sites (tertiary alicyclic amines) is 1. The number of alkyl halides is 3. The van der Waals surface area contributed by atoms with E-state index in [2.05, 4.69) is 4.98 Å². The number of amides is 1. The van der Waals surface area contributed by atoms with Crippen molar-refractivity contribution in [2.75, 3.05) is 19.7 Å². The van der Waals surface area contributed by atoms with Crippen LogP contribution in [0.3, 0.4) is 0 Å². The molecule has 0 aromatic carbocycles. The third-order valence-electron chi connectivity index (χ3n) is 4.14. The lowest BCUT2D eigenvalue weighted by Crippen LogP contribution is -2.51. The Morgan fingerprint density at radius 3 is 2.26 bits per heavy atom. The van der Waals surface area contributed by atoms with Crippen LogP contribution in [0.15, 0.2) is 18.5 Å². The van der Waals surface area contributed by atoms with Crippen molar-refractivity contribution >= 4 is 11.9 Å². The van der Waals surface area contributed by atoms with Crippen LogP contribution >= 0.6 is 0 Å². The number of hydrogen-bond donors (Lipinski definition) is 2. The number of piperidine rings is 1. The molecule has 0 bridgehead atoms. The molecule has 1 aliphatic heterocycles. The highest BCUT2D eigenvalue weighted by Gasteiger charge is 2.55. The fourth-order valence-corrected chi connectivity index (χ4v) is 2.53. The van der Waals surface area contributed by atoms with Gasteiger partial charge in [0, 0.05) is 25.5 Å². The van der Waals surface area contributed by atoms with Gasteiger partial charge in [0.2, 0.25) is 0 Å². The average Bonchev–Trinajstić information content (AvgIpc) is 2.53. The zero-order valence-corrected chi connectivity index (χ0v) is 12.0. The molecule has 126 valence electrons. The van der Waals surface area contributed by atoms with Crippen molar-refractivity contribution < 1.29 is 33.0 Å². The molecule has 1 amide bonds. The zero-order chi connectivity index (χ0) is 17.3. The van der Waals surface area contributed by atoms with Gasteiger partial charge in [-0.15, -0.1) is 0 Å². The summed E-state index contributed by atoms with van der Waals surface area (Å²) in [5.41, 5.74) is -2.36. The number of carboxylic acids is 1. The van der Waals surface area contributed by atoms with Gasteiger partial charge in [-0.1, -0.05) is 0 Å². The summed E-state index contributed by atoms with van der Waals surface area (Å²) in [5.74, 6) is -1.82. The molecule has 23 heavy (non-hydrogen) atoms. The molecule has 0 aliphatic carbocycles.